The Balaban J connectivity index is 1.51. The van der Waals surface area contributed by atoms with Crippen LogP contribution in [0.4, 0.5) is 5.69 Å². The molecule has 0 aliphatic heterocycles. The van der Waals surface area contributed by atoms with Gasteiger partial charge in [-0.25, -0.2) is 4.98 Å². The summed E-state index contributed by atoms with van der Waals surface area (Å²) in [5.41, 5.74) is 5.15. The molecular formula is C24H28N4O2S. The number of benzene rings is 2. The normalized spacial score (nSPS) is 10.7. The zero-order chi connectivity index (χ0) is 22.2. The molecule has 2 aromatic carbocycles. The van der Waals surface area contributed by atoms with E-state index in [1.165, 1.54) is 17.3 Å². The van der Waals surface area contributed by atoms with E-state index in [2.05, 4.69) is 47.7 Å². The van der Waals surface area contributed by atoms with E-state index in [1.54, 1.807) is 6.20 Å². The van der Waals surface area contributed by atoms with Crippen molar-refractivity contribution in [3.8, 4) is 5.69 Å². The second-order valence-electron chi connectivity index (χ2n) is 7.43. The average molecular weight is 437 g/mol. The first-order valence-electron chi connectivity index (χ1n) is 10.4. The lowest BCUT2D eigenvalue weighted by Crippen LogP contribution is -2.24. The molecule has 0 spiro atoms. The molecule has 2 amide bonds. The molecule has 162 valence electrons. The molecule has 0 unspecified atom stereocenters. The Morgan fingerprint density at radius 2 is 1.84 bits per heavy atom. The van der Waals surface area contributed by atoms with Gasteiger partial charge in [0.1, 0.15) is 0 Å². The SMILES string of the molecule is CCCC(=O)Nc1ccc(CNC(=O)CSc2nccn2-c2cc(C)ccc2C)cc1. The second kappa shape index (κ2) is 10.8. The summed E-state index contributed by atoms with van der Waals surface area (Å²) in [6.45, 7) is 6.54. The van der Waals surface area contributed by atoms with Gasteiger partial charge >= 0.3 is 0 Å². The van der Waals surface area contributed by atoms with E-state index in [0.717, 1.165) is 34.1 Å². The number of imidazole rings is 1. The van der Waals surface area contributed by atoms with Crippen LogP contribution in [-0.4, -0.2) is 27.1 Å². The summed E-state index contributed by atoms with van der Waals surface area (Å²) in [6.07, 6.45) is 5.00. The summed E-state index contributed by atoms with van der Waals surface area (Å²) >= 11 is 1.41. The number of hydrogen-bond donors (Lipinski definition) is 2. The third kappa shape index (κ3) is 6.46. The van der Waals surface area contributed by atoms with Crippen molar-refractivity contribution in [2.24, 2.45) is 0 Å². The minimum Gasteiger partial charge on any atom is -0.351 e. The molecule has 2 N–H and O–H groups in total. The number of aromatic nitrogens is 2. The summed E-state index contributed by atoms with van der Waals surface area (Å²) in [7, 11) is 0. The third-order valence-electron chi connectivity index (χ3n) is 4.77. The minimum atomic E-state index is -0.0548. The molecule has 0 aliphatic carbocycles. The summed E-state index contributed by atoms with van der Waals surface area (Å²) in [6, 6.07) is 13.8. The van der Waals surface area contributed by atoms with Crippen molar-refractivity contribution >= 4 is 29.3 Å². The topological polar surface area (TPSA) is 76.0 Å². The van der Waals surface area contributed by atoms with Crippen LogP contribution in [0.5, 0.6) is 0 Å². The number of nitrogens with zero attached hydrogens (tertiary/aromatic N) is 2. The highest BCUT2D eigenvalue weighted by molar-refractivity contribution is 7.99. The number of anilines is 1. The van der Waals surface area contributed by atoms with Crippen LogP contribution in [0.3, 0.4) is 0 Å². The highest BCUT2D eigenvalue weighted by Crippen LogP contribution is 2.23. The zero-order valence-corrected chi connectivity index (χ0v) is 19.0. The minimum absolute atomic E-state index is 0.0137. The number of carbonyl (C=O) groups is 2. The van der Waals surface area contributed by atoms with E-state index >= 15 is 0 Å². The Hall–Kier alpha value is -3.06. The molecule has 0 saturated carbocycles. The molecule has 3 aromatic rings. The van der Waals surface area contributed by atoms with Gasteiger partial charge in [0.15, 0.2) is 5.16 Å². The maximum absolute atomic E-state index is 12.3. The van der Waals surface area contributed by atoms with Gasteiger partial charge in [0.05, 0.1) is 11.4 Å². The monoisotopic (exact) mass is 436 g/mol. The van der Waals surface area contributed by atoms with Crippen LogP contribution in [0.1, 0.15) is 36.5 Å². The molecule has 3 rings (SSSR count). The predicted molar refractivity (Wildman–Crippen MR) is 126 cm³/mol. The quantitative estimate of drug-likeness (QED) is 0.479. The molecule has 0 aliphatic rings. The fourth-order valence-electron chi connectivity index (χ4n) is 3.10. The lowest BCUT2D eigenvalue weighted by molar-refractivity contribution is -0.118. The lowest BCUT2D eigenvalue weighted by Gasteiger charge is -2.11. The van der Waals surface area contributed by atoms with Crippen LogP contribution >= 0.6 is 11.8 Å². The van der Waals surface area contributed by atoms with Crippen LogP contribution in [0.2, 0.25) is 0 Å². The number of carbonyl (C=O) groups excluding carboxylic acids is 2. The molecule has 0 radical (unpaired) electrons. The van der Waals surface area contributed by atoms with Crippen LogP contribution in [-0.2, 0) is 16.1 Å². The zero-order valence-electron chi connectivity index (χ0n) is 18.1. The van der Waals surface area contributed by atoms with Crippen molar-refractivity contribution in [3.05, 3.63) is 71.5 Å². The Bertz CT molecular complexity index is 1040. The maximum Gasteiger partial charge on any atom is 0.230 e. The summed E-state index contributed by atoms with van der Waals surface area (Å²) in [5, 5.41) is 6.58. The highest BCUT2D eigenvalue weighted by atomic mass is 32.2. The number of hydrogen-bond acceptors (Lipinski definition) is 4. The first-order valence-corrected chi connectivity index (χ1v) is 11.3. The van der Waals surface area contributed by atoms with Gasteiger partial charge in [-0.2, -0.15) is 0 Å². The van der Waals surface area contributed by atoms with Gasteiger partial charge < -0.3 is 10.6 Å². The van der Waals surface area contributed by atoms with Crippen molar-refractivity contribution in [3.63, 3.8) is 0 Å². The van der Waals surface area contributed by atoms with Crippen molar-refractivity contribution in [1.29, 1.82) is 0 Å². The van der Waals surface area contributed by atoms with Gasteiger partial charge in [-0.15, -0.1) is 0 Å². The van der Waals surface area contributed by atoms with E-state index < -0.39 is 0 Å². The Morgan fingerprint density at radius 1 is 1.06 bits per heavy atom. The average Bonchev–Trinajstić information content (AvgIpc) is 3.22. The largest absolute Gasteiger partial charge is 0.351 e. The van der Waals surface area contributed by atoms with E-state index in [1.807, 2.05) is 42.0 Å². The standard InChI is InChI=1S/C24H28N4O2S/c1-4-5-22(29)27-20-10-8-19(9-11-20)15-26-23(30)16-31-24-25-12-13-28(24)21-14-17(2)6-7-18(21)3/h6-14H,4-5,15-16H2,1-3H3,(H,26,30)(H,27,29). The smallest absolute Gasteiger partial charge is 0.230 e. The molecular weight excluding hydrogens is 408 g/mol. The number of amides is 2. The number of thioether (sulfide) groups is 1. The third-order valence-corrected chi connectivity index (χ3v) is 5.73. The van der Waals surface area contributed by atoms with Gasteiger partial charge in [0.25, 0.3) is 0 Å². The molecule has 0 fully saturated rings. The van der Waals surface area contributed by atoms with Crippen molar-refractivity contribution < 1.29 is 9.59 Å². The summed E-state index contributed by atoms with van der Waals surface area (Å²) < 4.78 is 2.02. The maximum atomic E-state index is 12.3. The Kier molecular flexibility index (Phi) is 7.89. The van der Waals surface area contributed by atoms with Crippen molar-refractivity contribution in [2.45, 2.75) is 45.3 Å². The van der Waals surface area contributed by atoms with Crippen LogP contribution in [0.15, 0.2) is 60.0 Å². The first-order chi connectivity index (χ1) is 15.0. The Morgan fingerprint density at radius 3 is 2.58 bits per heavy atom. The fourth-order valence-corrected chi connectivity index (χ4v) is 3.89. The molecule has 1 aromatic heterocycles. The lowest BCUT2D eigenvalue weighted by atomic mass is 10.1. The predicted octanol–water partition coefficient (Wildman–Crippen LogP) is 4.64. The number of aryl methyl sites for hydroxylation is 2. The molecule has 0 bridgehead atoms. The van der Waals surface area contributed by atoms with Crippen molar-refractivity contribution in [1.82, 2.24) is 14.9 Å². The fraction of sp³-hybridized carbons (Fsp3) is 0.292. The number of rotatable bonds is 9. The van der Waals surface area contributed by atoms with Gasteiger partial charge in [0.2, 0.25) is 11.8 Å². The van der Waals surface area contributed by atoms with Crippen LogP contribution in [0, 0.1) is 13.8 Å². The molecule has 0 atom stereocenters. The second-order valence-corrected chi connectivity index (χ2v) is 8.37. The molecule has 6 nitrogen and oxygen atoms in total. The Labute approximate surface area is 187 Å². The van der Waals surface area contributed by atoms with E-state index in [9.17, 15) is 9.59 Å². The van der Waals surface area contributed by atoms with Gasteiger partial charge in [0, 0.05) is 31.0 Å². The highest BCUT2D eigenvalue weighted by Gasteiger charge is 2.11. The van der Waals surface area contributed by atoms with Gasteiger partial charge in [-0.1, -0.05) is 43.0 Å². The van der Waals surface area contributed by atoms with E-state index in [4.69, 9.17) is 0 Å². The summed E-state index contributed by atoms with van der Waals surface area (Å²) in [5.74, 6) is 0.244. The number of nitrogens with one attached hydrogen (secondary N) is 2. The van der Waals surface area contributed by atoms with Crippen LogP contribution < -0.4 is 10.6 Å². The first kappa shape index (κ1) is 22.6. The molecule has 31 heavy (non-hydrogen) atoms. The van der Waals surface area contributed by atoms with E-state index in [0.29, 0.717) is 13.0 Å². The summed E-state index contributed by atoms with van der Waals surface area (Å²) in [4.78, 5) is 28.4. The van der Waals surface area contributed by atoms with Gasteiger partial charge in [-0.05, 0) is 55.2 Å². The molecule has 1 heterocycles. The van der Waals surface area contributed by atoms with Gasteiger partial charge in [-0.3, -0.25) is 14.2 Å². The molecule has 0 saturated heterocycles. The molecule has 7 heteroatoms. The van der Waals surface area contributed by atoms with E-state index in [-0.39, 0.29) is 17.6 Å². The van der Waals surface area contributed by atoms with Crippen molar-refractivity contribution in [2.75, 3.05) is 11.1 Å². The van der Waals surface area contributed by atoms with Crippen LogP contribution in [0.25, 0.3) is 5.69 Å².